The standard InChI is InChI=1S/C14H21F2N3S/c1-3-7-17-13-9(15)8-10(16)14(19-13)18-11-5-4-6-12(11)20-2/h8,11-12H,3-7H2,1-2H3,(H2,17,18,19). The van der Waals surface area contributed by atoms with Crippen molar-refractivity contribution in [2.45, 2.75) is 43.9 Å². The van der Waals surface area contributed by atoms with Crippen molar-refractivity contribution in [2.24, 2.45) is 0 Å². The molecule has 6 heteroatoms. The fourth-order valence-electron chi connectivity index (χ4n) is 2.48. The van der Waals surface area contributed by atoms with E-state index < -0.39 is 11.6 Å². The minimum atomic E-state index is -0.644. The number of rotatable bonds is 6. The van der Waals surface area contributed by atoms with Crippen LogP contribution in [0, 0.1) is 11.6 Å². The molecule has 20 heavy (non-hydrogen) atoms. The smallest absolute Gasteiger partial charge is 0.168 e. The number of nitrogens with one attached hydrogen (secondary N) is 2. The van der Waals surface area contributed by atoms with E-state index in [4.69, 9.17) is 0 Å². The van der Waals surface area contributed by atoms with Gasteiger partial charge in [-0.3, -0.25) is 0 Å². The molecule has 0 amide bonds. The van der Waals surface area contributed by atoms with Crippen LogP contribution >= 0.6 is 11.8 Å². The van der Waals surface area contributed by atoms with Gasteiger partial charge in [-0.15, -0.1) is 0 Å². The summed E-state index contributed by atoms with van der Waals surface area (Å²) in [6, 6.07) is 1.10. The zero-order valence-electron chi connectivity index (χ0n) is 11.9. The van der Waals surface area contributed by atoms with Crippen molar-refractivity contribution in [3.63, 3.8) is 0 Å². The molecule has 0 radical (unpaired) electrons. The number of thioether (sulfide) groups is 1. The second-order valence-corrected chi connectivity index (χ2v) is 6.11. The first-order valence-corrected chi connectivity index (χ1v) is 8.33. The highest BCUT2D eigenvalue weighted by Crippen LogP contribution is 2.31. The van der Waals surface area contributed by atoms with Gasteiger partial charge in [-0.25, -0.2) is 13.8 Å². The Hall–Kier alpha value is -1.04. The molecule has 2 atom stereocenters. The van der Waals surface area contributed by atoms with Crippen LogP contribution in [0.15, 0.2) is 6.07 Å². The summed E-state index contributed by atoms with van der Waals surface area (Å²) < 4.78 is 27.5. The van der Waals surface area contributed by atoms with Crippen molar-refractivity contribution in [1.29, 1.82) is 0 Å². The van der Waals surface area contributed by atoms with Gasteiger partial charge in [0.1, 0.15) is 0 Å². The summed E-state index contributed by atoms with van der Waals surface area (Å²) in [6.45, 7) is 2.60. The zero-order valence-corrected chi connectivity index (χ0v) is 12.7. The fraction of sp³-hybridized carbons (Fsp3) is 0.643. The van der Waals surface area contributed by atoms with Crippen molar-refractivity contribution in [2.75, 3.05) is 23.4 Å². The maximum absolute atomic E-state index is 13.8. The average Bonchev–Trinajstić information content (AvgIpc) is 2.87. The Morgan fingerprint density at radius 2 is 2.05 bits per heavy atom. The molecule has 0 aliphatic heterocycles. The van der Waals surface area contributed by atoms with Gasteiger partial charge < -0.3 is 10.6 Å². The molecule has 1 aromatic rings. The van der Waals surface area contributed by atoms with E-state index in [0.29, 0.717) is 11.8 Å². The van der Waals surface area contributed by atoms with Crippen molar-refractivity contribution in [3.8, 4) is 0 Å². The molecule has 1 aliphatic rings. The molecule has 3 nitrogen and oxygen atoms in total. The highest BCUT2D eigenvalue weighted by molar-refractivity contribution is 7.99. The first-order chi connectivity index (χ1) is 9.65. The number of aromatic nitrogens is 1. The lowest BCUT2D eigenvalue weighted by molar-refractivity contribution is 0.575. The second kappa shape index (κ2) is 7.11. The van der Waals surface area contributed by atoms with Gasteiger partial charge in [0.2, 0.25) is 0 Å². The zero-order chi connectivity index (χ0) is 14.5. The van der Waals surface area contributed by atoms with Gasteiger partial charge in [-0.1, -0.05) is 13.3 Å². The average molecular weight is 301 g/mol. The number of pyridine rings is 1. The molecule has 0 spiro atoms. The summed E-state index contributed by atoms with van der Waals surface area (Å²) >= 11 is 1.78. The van der Waals surface area contributed by atoms with Crippen molar-refractivity contribution < 1.29 is 8.78 Å². The van der Waals surface area contributed by atoms with Crippen LogP contribution in [0.25, 0.3) is 0 Å². The molecule has 0 bridgehead atoms. The molecule has 1 saturated carbocycles. The van der Waals surface area contributed by atoms with Gasteiger partial charge in [0.05, 0.1) is 0 Å². The number of hydrogen-bond acceptors (Lipinski definition) is 4. The summed E-state index contributed by atoms with van der Waals surface area (Å²) in [5.74, 6) is -1.00. The molecule has 1 aliphatic carbocycles. The molecule has 1 aromatic heterocycles. The van der Waals surface area contributed by atoms with Crippen LogP contribution in [0.2, 0.25) is 0 Å². The topological polar surface area (TPSA) is 37.0 Å². The van der Waals surface area contributed by atoms with Crippen LogP contribution in [-0.2, 0) is 0 Å². The first-order valence-electron chi connectivity index (χ1n) is 7.05. The molecule has 112 valence electrons. The van der Waals surface area contributed by atoms with E-state index in [2.05, 4.69) is 21.9 Å². The monoisotopic (exact) mass is 301 g/mol. The van der Waals surface area contributed by atoms with Crippen molar-refractivity contribution >= 4 is 23.4 Å². The van der Waals surface area contributed by atoms with Crippen LogP contribution in [0.1, 0.15) is 32.6 Å². The third kappa shape index (κ3) is 3.53. The van der Waals surface area contributed by atoms with Gasteiger partial charge in [0.15, 0.2) is 23.3 Å². The molecule has 2 N–H and O–H groups in total. The lowest BCUT2D eigenvalue weighted by Crippen LogP contribution is -2.27. The van der Waals surface area contributed by atoms with Gasteiger partial charge in [-0.2, -0.15) is 11.8 Å². The molecule has 2 rings (SSSR count). The summed E-state index contributed by atoms with van der Waals surface area (Å²) in [5.41, 5.74) is 0. The van der Waals surface area contributed by atoms with Crippen LogP contribution in [0.3, 0.4) is 0 Å². The highest BCUT2D eigenvalue weighted by atomic mass is 32.2. The molecule has 0 saturated heterocycles. The number of halogens is 2. The molecule has 0 aromatic carbocycles. The normalized spacial score (nSPS) is 22.0. The third-order valence-electron chi connectivity index (χ3n) is 3.55. The summed E-state index contributed by atoms with van der Waals surface area (Å²) in [5, 5.41) is 6.49. The van der Waals surface area contributed by atoms with Crippen LogP contribution in [0.4, 0.5) is 20.4 Å². The first kappa shape index (κ1) is 15.4. The van der Waals surface area contributed by atoms with E-state index in [-0.39, 0.29) is 17.7 Å². The van der Waals surface area contributed by atoms with Crippen molar-refractivity contribution in [3.05, 3.63) is 17.7 Å². The molecule has 1 fully saturated rings. The van der Waals surface area contributed by atoms with Crippen molar-refractivity contribution in [1.82, 2.24) is 4.98 Å². The fourth-order valence-corrected chi connectivity index (χ4v) is 3.42. The highest BCUT2D eigenvalue weighted by Gasteiger charge is 2.27. The SMILES string of the molecule is CCCNc1nc(NC2CCCC2SC)c(F)cc1F. The second-order valence-electron chi connectivity index (χ2n) is 5.03. The van der Waals surface area contributed by atoms with E-state index in [1.54, 1.807) is 11.8 Å². The quantitative estimate of drug-likeness (QED) is 0.836. The number of anilines is 2. The lowest BCUT2D eigenvalue weighted by atomic mass is 10.2. The van der Waals surface area contributed by atoms with Crippen LogP contribution < -0.4 is 10.6 Å². The summed E-state index contributed by atoms with van der Waals surface area (Å²) in [4.78, 5) is 4.06. The Kier molecular flexibility index (Phi) is 5.46. The molecule has 1 heterocycles. The Morgan fingerprint density at radius 3 is 2.75 bits per heavy atom. The number of hydrogen-bond donors (Lipinski definition) is 2. The van der Waals surface area contributed by atoms with E-state index in [1.807, 2.05) is 6.92 Å². The van der Waals surface area contributed by atoms with Crippen LogP contribution in [-0.4, -0.2) is 29.1 Å². The van der Waals surface area contributed by atoms with E-state index >= 15 is 0 Å². The van der Waals surface area contributed by atoms with Gasteiger partial charge in [0.25, 0.3) is 0 Å². The minimum absolute atomic E-state index is 0.120. The van der Waals surface area contributed by atoms with E-state index in [1.165, 1.54) is 0 Å². The lowest BCUT2D eigenvalue weighted by Gasteiger charge is -2.20. The largest absolute Gasteiger partial charge is 0.368 e. The van der Waals surface area contributed by atoms with Crippen LogP contribution in [0.5, 0.6) is 0 Å². The predicted octanol–water partition coefficient (Wildman–Crippen LogP) is 3.88. The Balaban J connectivity index is 2.14. The third-order valence-corrected chi connectivity index (χ3v) is 4.72. The van der Waals surface area contributed by atoms with E-state index in [9.17, 15) is 8.78 Å². The minimum Gasteiger partial charge on any atom is -0.368 e. The van der Waals surface area contributed by atoms with Gasteiger partial charge >= 0.3 is 0 Å². The Labute approximate surface area is 122 Å². The maximum atomic E-state index is 13.8. The number of nitrogens with zero attached hydrogens (tertiary/aromatic N) is 1. The maximum Gasteiger partial charge on any atom is 0.168 e. The predicted molar refractivity (Wildman–Crippen MR) is 81.5 cm³/mol. The molecular weight excluding hydrogens is 280 g/mol. The summed E-state index contributed by atoms with van der Waals surface area (Å²) in [6.07, 6.45) is 6.18. The van der Waals surface area contributed by atoms with E-state index in [0.717, 1.165) is 31.7 Å². The Morgan fingerprint density at radius 1 is 1.30 bits per heavy atom. The van der Waals surface area contributed by atoms with Gasteiger partial charge in [-0.05, 0) is 25.5 Å². The molecule has 2 unspecified atom stereocenters. The molecular formula is C14H21F2N3S. The summed E-state index contributed by atoms with van der Waals surface area (Å²) in [7, 11) is 0. The van der Waals surface area contributed by atoms with Gasteiger partial charge in [0, 0.05) is 23.9 Å². The Bertz CT molecular complexity index is 456.